The molecule has 0 heterocycles. The molecule has 0 aromatic carbocycles. The molecule has 3 heteroatoms. The van der Waals surface area contributed by atoms with E-state index < -0.39 is 16.4 Å². The SMILES string of the molecule is C=C=C(CCCO[Si](C)(C)C(C)(C)C)[Si](C)(C)C. The zero-order valence-electron chi connectivity index (χ0n) is 13.7. The van der Waals surface area contributed by atoms with E-state index in [-0.39, 0.29) is 0 Å². The zero-order valence-corrected chi connectivity index (χ0v) is 15.7. The van der Waals surface area contributed by atoms with Gasteiger partial charge in [0.25, 0.3) is 0 Å². The van der Waals surface area contributed by atoms with Crippen molar-refractivity contribution in [3.05, 3.63) is 17.5 Å². The number of hydrogen-bond donors (Lipinski definition) is 0. The van der Waals surface area contributed by atoms with E-state index in [2.05, 4.69) is 65.8 Å². The van der Waals surface area contributed by atoms with E-state index in [9.17, 15) is 0 Å². The summed E-state index contributed by atoms with van der Waals surface area (Å²) in [4.78, 5) is 0. The summed E-state index contributed by atoms with van der Waals surface area (Å²) in [5.74, 6) is 0. The van der Waals surface area contributed by atoms with Crippen molar-refractivity contribution in [2.45, 2.75) is 71.4 Å². The molecule has 18 heavy (non-hydrogen) atoms. The molecule has 0 N–H and O–H groups in total. The average molecular weight is 285 g/mol. The van der Waals surface area contributed by atoms with Crippen molar-refractivity contribution in [3.63, 3.8) is 0 Å². The fourth-order valence-corrected chi connectivity index (χ4v) is 4.07. The van der Waals surface area contributed by atoms with Crippen molar-refractivity contribution in [3.8, 4) is 0 Å². The molecule has 0 aromatic heterocycles. The van der Waals surface area contributed by atoms with Gasteiger partial charge in [-0.25, -0.2) is 0 Å². The van der Waals surface area contributed by atoms with Crippen molar-refractivity contribution < 1.29 is 4.43 Å². The molecule has 0 spiro atoms. The van der Waals surface area contributed by atoms with Gasteiger partial charge in [-0.1, -0.05) is 47.0 Å². The average Bonchev–Trinajstić information content (AvgIpc) is 2.13. The normalized spacial score (nSPS) is 13.3. The lowest BCUT2D eigenvalue weighted by atomic mass is 10.2. The molecule has 0 saturated carbocycles. The van der Waals surface area contributed by atoms with Crippen LogP contribution in [0.2, 0.25) is 37.8 Å². The monoisotopic (exact) mass is 284 g/mol. The van der Waals surface area contributed by atoms with Crippen LogP contribution in [0.1, 0.15) is 33.6 Å². The summed E-state index contributed by atoms with van der Waals surface area (Å²) >= 11 is 0. The Hall–Kier alpha value is -0.0862. The highest BCUT2D eigenvalue weighted by Gasteiger charge is 2.36. The van der Waals surface area contributed by atoms with Crippen LogP contribution in [-0.4, -0.2) is 23.0 Å². The first-order valence-corrected chi connectivity index (χ1v) is 13.4. The maximum absolute atomic E-state index is 6.19. The maximum Gasteiger partial charge on any atom is 0.191 e. The minimum absolute atomic E-state index is 0.308. The molecule has 0 aliphatic carbocycles. The molecule has 0 radical (unpaired) electrons. The lowest BCUT2D eigenvalue weighted by Crippen LogP contribution is -2.41. The molecule has 0 aliphatic rings. The Bertz CT molecular complexity index is 312. The van der Waals surface area contributed by atoms with Gasteiger partial charge in [-0.3, -0.25) is 0 Å². The van der Waals surface area contributed by atoms with Crippen molar-refractivity contribution >= 4 is 16.4 Å². The number of hydrogen-bond acceptors (Lipinski definition) is 1. The Morgan fingerprint density at radius 3 is 1.94 bits per heavy atom. The summed E-state index contributed by atoms with van der Waals surface area (Å²) in [6.07, 6.45) is 2.21. The minimum Gasteiger partial charge on any atom is -0.417 e. The molecule has 1 nitrogen and oxygen atoms in total. The first kappa shape index (κ1) is 17.9. The molecule has 0 unspecified atom stereocenters. The van der Waals surface area contributed by atoms with Gasteiger partial charge in [-0.2, -0.15) is 0 Å². The molecular weight excluding hydrogens is 252 g/mol. The van der Waals surface area contributed by atoms with Crippen LogP contribution >= 0.6 is 0 Å². The predicted molar refractivity (Wildman–Crippen MR) is 88.4 cm³/mol. The van der Waals surface area contributed by atoms with Gasteiger partial charge >= 0.3 is 0 Å². The fourth-order valence-electron chi connectivity index (χ4n) is 1.52. The van der Waals surface area contributed by atoms with E-state index in [1.54, 1.807) is 0 Å². The molecule has 0 amide bonds. The highest BCUT2D eigenvalue weighted by molar-refractivity contribution is 6.83. The van der Waals surface area contributed by atoms with Gasteiger partial charge in [0.2, 0.25) is 0 Å². The van der Waals surface area contributed by atoms with E-state index in [0.717, 1.165) is 19.4 Å². The smallest absolute Gasteiger partial charge is 0.191 e. The lowest BCUT2D eigenvalue weighted by molar-refractivity contribution is 0.283. The Morgan fingerprint density at radius 2 is 1.61 bits per heavy atom. The molecule has 0 saturated heterocycles. The molecule has 0 aliphatic heterocycles. The Balaban J connectivity index is 4.21. The van der Waals surface area contributed by atoms with Crippen LogP contribution in [0.5, 0.6) is 0 Å². The van der Waals surface area contributed by atoms with Crippen LogP contribution in [0.25, 0.3) is 0 Å². The molecule has 0 fully saturated rings. The Labute approximate surface area is 116 Å². The Morgan fingerprint density at radius 1 is 1.11 bits per heavy atom. The van der Waals surface area contributed by atoms with Crippen molar-refractivity contribution in [2.75, 3.05) is 6.61 Å². The van der Waals surface area contributed by atoms with Crippen molar-refractivity contribution in [1.29, 1.82) is 0 Å². The second-order valence-corrected chi connectivity index (χ2v) is 17.5. The van der Waals surface area contributed by atoms with E-state index in [1.165, 1.54) is 5.20 Å². The predicted octanol–water partition coefficient (Wildman–Crippen LogP) is 5.38. The third-order valence-electron chi connectivity index (χ3n) is 3.96. The zero-order chi connectivity index (χ0) is 14.6. The molecule has 0 aromatic rings. The van der Waals surface area contributed by atoms with Gasteiger partial charge in [0.05, 0.1) is 8.07 Å². The second-order valence-electron chi connectivity index (χ2n) is 7.62. The number of rotatable bonds is 6. The summed E-state index contributed by atoms with van der Waals surface area (Å²) in [5.41, 5.74) is 3.15. The van der Waals surface area contributed by atoms with Crippen LogP contribution in [0.15, 0.2) is 17.5 Å². The quantitative estimate of drug-likeness (QED) is 0.361. The molecule has 106 valence electrons. The van der Waals surface area contributed by atoms with Gasteiger partial charge in [0.15, 0.2) is 8.32 Å². The van der Waals surface area contributed by atoms with Crippen molar-refractivity contribution in [1.82, 2.24) is 0 Å². The van der Waals surface area contributed by atoms with E-state index in [0.29, 0.717) is 5.04 Å². The maximum atomic E-state index is 6.19. The highest BCUT2D eigenvalue weighted by Crippen LogP contribution is 2.36. The minimum atomic E-state index is -1.57. The second kappa shape index (κ2) is 6.38. The van der Waals surface area contributed by atoms with E-state index in [1.807, 2.05) is 0 Å². The van der Waals surface area contributed by atoms with Gasteiger partial charge in [-0.05, 0) is 36.2 Å². The highest BCUT2D eigenvalue weighted by atomic mass is 28.4. The number of allylic oxidation sites excluding steroid dienone is 1. The first-order chi connectivity index (χ1) is 7.92. The van der Waals surface area contributed by atoms with Crippen LogP contribution < -0.4 is 0 Å². The largest absolute Gasteiger partial charge is 0.417 e. The Kier molecular flexibility index (Phi) is 6.35. The summed E-state index contributed by atoms with van der Waals surface area (Å²) in [5, 5.41) is 1.75. The summed E-state index contributed by atoms with van der Waals surface area (Å²) in [7, 11) is -2.79. The van der Waals surface area contributed by atoms with Crippen LogP contribution in [-0.2, 0) is 4.43 Å². The molecule has 0 atom stereocenters. The van der Waals surface area contributed by atoms with Gasteiger partial charge in [0, 0.05) is 6.61 Å². The first-order valence-electron chi connectivity index (χ1n) is 6.95. The topological polar surface area (TPSA) is 9.23 Å². The van der Waals surface area contributed by atoms with Gasteiger partial charge in [0.1, 0.15) is 0 Å². The molecule has 0 bridgehead atoms. The van der Waals surface area contributed by atoms with Crippen LogP contribution in [0.3, 0.4) is 0 Å². The van der Waals surface area contributed by atoms with Crippen LogP contribution in [0.4, 0.5) is 0 Å². The van der Waals surface area contributed by atoms with E-state index >= 15 is 0 Å². The summed E-state index contributed by atoms with van der Waals surface area (Å²) < 4.78 is 6.19. The fraction of sp³-hybridized carbons (Fsp3) is 0.800. The summed E-state index contributed by atoms with van der Waals surface area (Å²) in [6.45, 7) is 23.3. The van der Waals surface area contributed by atoms with Crippen LogP contribution in [0, 0.1) is 0 Å². The molecule has 0 rings (SSSR count). The standard InChI is InChI=1S/C15H32OSi2/c1-10-14(17(5,6)7)12-11-13-16-18(8,9)15(2,3)4/h1,11-13H2,2-9H3. The molecular formula is C15H32OSi2. The third kappa shape index (κ3) is 5.70. The van der Waals surface area contributed by atoms with E-state index in [4.69, 9.17) is 4.43 Å². The van der Waals surface area contributed by atoms with Gasteiger partial charge < -0.3 is 4.43 Å². The van der Waals surface area contributed by atoms with Crippen molar-refractivity contribution in [2.24, 2.45) is 0 Å². The summed E-state index contributed by atoms with van der Waals surface area (Å²) in [6, 6.07) is 0. The third-order valence-corrected chi connectivity index (χ3v) is 10.7. The van der Waals surface area contributed by atoms with Gasteiger partial charge in [-0.15, -0.1) is 5.73 Å². The lowest BCUT2D eigenvalue weighted by Gasteiger charge is -2.36.